The van der Waals surface area contributed by atoms with Gasteiger partial charge in [-0.1, -0.05) is 29.4 Å². The van der Waals surface area contributed by atoms with E-state index in [1.54, 1.807) is 0 Å². The van der Waals surface area contributed by atoms with E-state index in [1.807, 2.05) is 49.5 Å². The first-order valence-electron chi connectivity index (χ1n) is 12.2. The van der Waals surface area contributed by atoms with Gasteiger partial charge in [0, 0.05) is 31.8 Å². The Kier molecular flexibility index (Phi) is 7.18. The van der Waals surface area contributed by atoms with Crippen LogP contribution in [0, 0.1) is 11.8 Å². The van der Waals surface area contributed by atoms with E-state index in [0.29, 0.717) is 31.3 Å². The number of aromatic nitrogens is 1. The number of carbonyl (C=O) groups excluding carboxylic acids is 1. The van der Waals surface area contributed by atoms with Crippen molar-refractivity contribution < 1.29 is 18.8 Å². The molecule has 35 heavy (non-hydrogen) atoms. The zero-order chi connectivity index (χ0) is 24.0. The number of amides is 1. The smallest absolute Gasteiger partial charge is 0.231 e. The number of benzene rings is 2. The number of fused-ring (bicyclic) bond motifs is 1. The van der Waals surface area contributed by atoms with Crippen molar-refractivity contribution in [2.75, 3.05) is 31.8 Å². The molecule has 0 radical (unpaired) electrons. The van der Waals surface area contributed by atoms with Crippen LogP contribution in [0.4, 0.5) is 5.69 Å². The molecule has 0 saturated carbocycles. The minimum absolute atomic E-state index is 0.0740. The Morgan fingerprint density at radius 1 is 1.11 bits per heavy atom. The van der Waals surface area contributed by atoms with Gasteiger partial charge in [-0.25, -0.2) is 0 Å². The Morgan fingerprint density at radius 2 is 1.97 bits per heavy atom. The summed E-state index contributed by atoms with van der Waals surface area (Å²) in [4.78, 5) is 14.9. The van der Waals surface area contributed by atoms with E-state index in [-0.39, 0.29) is 12.7 Å². The monoisotopic (exact) mass is 476 g/mol. The molecule has 2 aromatic carbocycles. The Bertz CT molecular complexity index is 1130. The van der Waals surface area contributed by atoms with Crippen molar-refractivity contribution in [1.82, 2.24) is 15.8 Å². The summed E-state index contributed by atoms with van der Waals surface area (Å²) in [5.41, 5.74) is 3.08. The second-order valence-corrected chi connectivity index (χ2v) is 9.36. The third-order valence-corrected chi connectivity index (χ3v) is 6.81. The van der Waals surface area contributed by atoms with Gasteiger partial charge in [-0.15, -0.1) is 0 Å². The topological polar surface area (TPSA) is 88.9 Å². The number of hydrogen-bond donors (Lipinski definition) is 2. The van der Waals surface area contributed by atoms with Crippen molar-refractivity contribution in [3.8, 4) is 11.5 Å². The fourth-order valence-electron chi connectivity index (χ4n) is 4.85. The zero-order valence-corrected chi connectivity index (χ0v) is 20.0. The molecule has 0 spiro atoms. The third-order valence-electron chi connectivity index (χ3n) is 6.81. The van der Waals surface area contributed by atoms with Gasteiger partial charge < -0.3 is 29.5 Å². The molecule has 1 aromatic heterocycles. The molecule has 3 heterocycles. The van der Waals surface area contributed by atoms with Crippen LogP contribution in [0.3, 0.4) is 0 Å². The average Bonchev–Trinajstić information content (AvgIpc) is 3.53. The molecular formula is C27H32N4O4. The van der Waals surface area contributed by atoms with E-state index in [0.717, 1.165) is 60.1 Å². The maximum atomic E-state index is 12.7. The highest BCUT2D eigenvalue weighted by atomic mass is 16.7. The van der Waals surface area contributed by atoms with Gasteiger partial charge in [0.05, 0.1) is 12.2 Å². The van der Waals surface area contributed by atoms with E-state index >= 15 is 0 Å². The quantitative estimate of drug-likeness (QED) is 0.489. The Hall–Kier alpha value is -3.52. The fraction of sp³-hybridized carbons (Fsp3) is 0.407. The zero-order valence-electron chi connectivity index (χ0n) is 20.0. The van der Waals surface area contributed by atoms with Crippen LogP contribution in [0.2, 0.25) is 0 Å². The number of piperidine rings is 1. The maximum absolute atomic E-state index is 12.7. The molecule has 1 amide bonds. The van der Waals surface area contributed by atoms with Crippen molar-refractivity contribution in [2.24, 2.45) is 11.8 Å². The molecule has 3 aromatic rings. The number of anilines is 1. The molecular weight excluding hydrogens is 444 g/mol. The lowest BCUT2D eigenvalue weighted by atomic mass is 9.81. The highest BCUT2D eigenvalue weighted by Gasteiger charge is 2.28. The second kappa shape index (κ2) is 10.8. The molecule has 184 valence electrons. The van der Waals surface area contributed by atoms with Gasteiger partial charge in [0.25, 0.3) is 0 Å². The first kappa shape index (κ1) is 23.2. The van der Waals surface area contributed by atoms with E-state index in [9.17, 15) is 4.79 Å². The van der Waals surface area contributed by atoms with Gasteiger partial charge in [-0.2, -0.15) is 0 Å². The first-order valence-corrected chi connectivity index (χ1v) is 12.2. The second-order valence-electron chi connectivity index (χ2n) is 9.36. The molecule has 0 bridgehead atoms. The largest absolute Gasteiger partial charge is 0.454 e. The Balaban J connectivity index is 1.13. The number of carbonyl (C=O) groups is 1. The average molecular weight is 477 g/mol. The van der Waals surface area contributed by atoms with Crippen LogP contribution in [0.1, 0.15) is 29.9 Å². The van der Waals surface area contributed by atoms with E-state index in [2.05, 4.69) is 32.8 Å². The molecule has 1 saturated heterocycles. The number of nitrogens with one attached hydrogen (secondary N) is 2. The predicted octanol–water partition coefficient (Wildman–Crippen LogP) is 3.51. The number of hydrogen-bond acceptors (Lipinski definition) is 7. The normalized spacial score (nSPS) is 18.9. The SMILES string of the molecule is CN(Cc1cc(C[C@@H]2CNCC[C@H]2CC(=O)NCc2ccc3c(c2)OCO3)no1)c1ccccc1. The van der Waals surface area contributed by atoms with E-state index in [4.69, 9.17) is 14.0 Å². The van der Waals surface area contributed by atoms with E-state index in [1.165, 1.54) is 0 Å². The molecule has 2 N–H and O–H groups in total. The van der Waals surface area contributed by atoms with Crippen LogP contribution in [0.25, 0.3) is 0 Å². The lowest BCUT2D eigenvalue weighted by Gasteiger charge is -2.31. The van der Waals surface area contributed by atoms with Crippen molar-refractivity contribution in [3.05, 3.63) is 71.6 Å². The summed E-state index contributed by atoms with van der Waals surface area (Å²) in [6.45, 7) is 3.20. The number of rotatable bonds is 9. The molecule has 2 atom stereocenters. The fourth-order valence-corrected chi connectivity index (χ4v) is 4.85. The van der Waals surface area contributed by atoms with Gasteiger partial charge >= 0.3 is 0 Å². The van der Waals surface area contributed by atoms with Gasteiger partial charge in [0.15, 0.2) is 17.3 Å². The lowest BCUT2D eigenvalue weighted by molar-refractivity contribution is -0.122. The third kappa shape index (κ3) is 5.95. The number of ether oxygens (including phenoxy) is 2. The summed E-state index contributed by atoms with van der Waals surface area (Å²) in [6, 6.07) is 18.0. The van der Waals surface area contributed by atoms with Crippen LogP contribution < -0.4 is 25.0 Å². The Labute approximate surface area is 205 Å². The number of para-hydroxylation sites is 1. The molecule has 2 aliphatic heterocycles. The molecule has 5 rings (SSSR count). The van der Waals surface area contributed by atoms with Crippen molar-refractivity contribution in [1.29, 1.82) is 0 Å². The van der Waals surface area contributed by atoms with Gasteiger partial charge in [0.1, 0.15) is 0 Å². The molecule has 8 heteroatoms. The highest BCUT2D eigenvalue weighted by molar-refractivity contribution is 5.76. The van der Waals surface area contributed by atoms with Crippen LogP contribution in [-0.2, 0) is 24.3 Å². The predicted molar refractivity (Wildman–Crippen MR) is 132 cm³/mol. The van der Waals surface area contributed by atoms with E-state index < -0.39 is 0 Å². The summed E-state index contributed by atoms with van der Waals surface area (Å²) < 4.78 is 16.4. The van der Waals surface area contributed by atoms with Gasteiger partial charge in [-0.05, 0) is 67.6 Å². The minimum Gasteiger partial charge on any atom is -0.454 e. The Morgan fingerprint density at radius 3 is 2.86 bits per heavy atom. The van der Waals surface area contributed by atoms with Crippen LogP contribution in [-0.4, -0.2) is 38.0 Å². The standard InChI is InChI=1S/C27H32N4O4/c1-31(23-5-3-2-4-6-23)17-24-14-22(30-35-24)12-21-16-28-10-9-20(21)13-27(32)29-15-19-7-8-25-26(11-19)34-18-33-25/h2-8,11,14,20-21,28H,9-10,12-13,15-18H2,1H3,(H,29,32)/t20-,21+/m0/s1. The maximum Gasteiger partial charge on any atom is 0.231 e. The molecule has 0 aliphatic carbocycles. The van der Waals surface area contributed by atoms with Gasteiger partial charge in [0.2, 0.25) is 12.7 Å². The highest BCUT2D eigenvalue weighted by Crippen LogP contribution is 2.32. The molecule has 2 aliphatic rings. The van der Waals surface area contributed by atoms with Crippen LogP contribution in [0.5, 0.6) is 11.5 Å². The van der Waals surface area contributed by atoms with Gasteiger partial charge in [-0.3, -0.25) is 4.79 Å². The van der Waals surface area contributed by atoms with Crippen molar-refractivity contribution in [3.63, 3.8) is 0 Å². The van der Waals surface area contributed by atoms with Crippen LogP contribution >= 0.6 is 0 Å². The summed E-state index contributed by atoms with van der Waals surface area (Å²) >= 11 is 0. The van der Waals surface area contributed by atoms with Crippen LogP contribution in [0.15, 0.2) is 59.1 Å². The summed E-state index contributed by atoms with van der Waals surface area (Å²) in [5.74, 6) is 3.04. The van der Waals surface area contributed by atoms with Crippen molar-refractivity contribution >= 4 is 11.6 Å². The summed E-state index contributed by atoms with van der Waals surface area (Å²) in [6.07, 6.45) is 2.29. The van der Waals surface area contributed by atoms with Crippen molar-refractivity contribution in [2.45, 2.75) is 32.4 Å². The molecule has 8 nitrogen and oxygen atoms in total. The molecule has 0 unspecified atom stereocenters. The first-order chi connectivity index (χ1) is 17.1. The molecule has 1 fully saturated rings. The number of nitrogens with zero attached hydrogens (tertiary/aromatic N) is 2. The lowest BCUT2D eigenvalue weighted by Crippen LogP contribution is -2.40. The minimum atomic E-state index is 0.0740. The summed E-state index contributed by atoms with van der Waals surface area (Å²) in [7, 11) is 2.04. The summed E-state index contributed by atoms with van der Waals surface area (Å²) in [5, 5.41) is 10.9.